The van der Waals surface area contributed by atoms with Crippen molar-refractivity contribution in [2.75, 3.05) is 39.2 Å². The van der Waals surface area contributed by atoms with E-state index < -0.39 is 0 Å². The van der Waals surface area contributed by atoms with Crippen LogP contribution in [-0.2, 0) is 11.3 Å². The van der Waals surface area contributed by atoms with Crippen molar-refractivity contribution in [2.24, 2.45) is 4.99 Å². The van der Waals surface area contributed by atoms with E-state index >= 15 is 0 Å². The SMILES string of the molecule is CCNC(=NCc1ccc(C(=O)NC)cc1)Nc1cccc(OCCCOC)c1.I. The summed E-state index contributed by atoms with van der Waals surface area (Å²) in [6.07, 6.45) is 0.844. The summed E-state index contributed by atoms with van der Waals surface area (Å²) in [5.74, 6) is 1.38. The maximum atomic E-state index is 11.6. The van der Waals surface area contributed by atoms with Gasteiger partial charge in [0, 0.05) is 51.0 Å². The molecule has 0 saturated carbocycles. The molecule has 0 aliphatic heterocycles. The van der Waals surface area contributed by atoms with E-state index in [-0.39, 0.29) is 29.9 Å². The average molecular weight is 526 g/mol. The van der Waals surface area contributed by atoms with E-state index in [1.54, 1.807) is 26.3 Å². The van der Waals surface area contributed by atoms with Crippen LogP contribution in [0.4, 0.5) is 5.69 Å². The maximum absolute atomic E-state index is 11.6. The molecule has 0 spiro atoms. The fourth-order valence-electron chi connectivity index (χ4n) is 2.58. The maximum Gasteiger partial charge on any atom is 0.251 e. The van der Waals surface area contributed by atoms with Gasteiger partial charge >= 0.3 is 0 Å². The van der Waals surface area contributed by atoms with Gasteiger partial charge in [0.25, 0.3) is 5.91 Å². The smallest absolute Gasteiger partial charge is 0.251 e. The van der Waals surface area contributed by atoms with Crippen LogP contribution in [0.25, 0.3) is 0 Å². The van der Waals surface area contributed by atoms with Gasteiger partial charge in [-0.15, -0.1) is 24.0 Å². The predicted molar refractivity (Wildman–Crippen MR) is 132 cm³/mol. The summed E-state index contributed by atoms with van der Waals surface area (Å²) in [5.41, 5.74) is 2.54. The second-order valence-electron chi connectivity index (χ2n) is 6.32. The van der Waals surface area contributed by atoms with Crippen molar-refractivity contribution >= 4 is 41.5 Å². The minimum atomic E-state index is -0.0978. The molecule has 0 atom stereocenters. The molecule has 164 valence electrons. The Balaban J connectivity index is 0.00000450. The van der Waals surface area contributed by atoms with Crippen LogP contribution >= 0.6 is 24.0 Å². The normalized spacial score (nSPS) is 10.7. The number of ether oxygens (including phenoxy) is 2. The lowest BCUT2D eigenvalue weighted by Crippen LogP contribution is -2.30. The standard InChI is InChI=1S/C22H30N4O3.HI/c1-4-24-22(25-16-17-9-11-18(12-10-17)21(27)23-2)26-19-7-5-8-20(15-19)29-14-6-13-28-3;/h5,7-12,15H,4,6,13-14,16H2,1-3H3,(H,23,27)(H2,24,25,26);1H. The molecule has 7 nitrogen and oxygen atoms in total. The highest BCUT2D eigenvalue weighted by Crippen LogP contribution is 2.17. The van der Waals surface area contributed by atoms with Crippen LogP contribution in [0.2, 0.25) is 0 Å². The van der Waals surface area contributed by atoms with Gasteiger partial charge in [0.1, 0.15) is 5.75 Å². The first-order valence-corrected chi connectivity index (χ1v) is 9.74. The summed E-state index contributed by atoms with van der Waals surface area (Å²) >= 11 is 0. The summed E-state index contributed by atoms with van der Waals surface area (Å²) in [6.45, 7) is 4.55. The molecule has 2 rings (SSSR count). The van der Waals surface area contributed by atoms with Crippen molar-refractivity contribution in [3.8, 4) is 5.75 Å². The molecule has 0 bridgehead atoms. The molecule has 0 fully saturated rings. The average Bonchev–Trinajstić information content (AvgIpc) is 2.75. The van der Waals surface area contributed by atoms with Crippen molar-refractivity contribution in [2.45, 2.75) is 19.9 Å². The number of methoxy groups -OCH3 is 1. The van der Waals surface area contributed by atoms with Crippen LogP contribution in [-0.4, -0.2) is 45.8 Å². The van der Waals surface area contributed by atoms with Crippen LogP contribution in [0.3, 0.4) is 0 Å². The largest absolute Gasteiger partial charge is 0.493 e. The van der Waals surface area contributed by atoms with Gasteiger partial charge in [-0.3, -0.25) is 4.79 Å². The van der Waals surface area contributed by atoms with Gasteiger partial charge in [0.2, 0.25) is 0 Å². The van der Waals surface area contributed by atoms with Crippen LogP contribution in [0.5, 0.6) is 5.75 Å². The lowest BCUT2D eigenvalue weighted by Gasteiger charge is -2.13. The molecule has 0 aromatic heterocycles. The number of anilines is 1. The summed E-state index contributed by atoms with van der Waals surface area (Å²) < 4.78 is 10.8. The fourth-order valence-corrected chi connectivity index (χ4v) is 2.58. The first-order valence-electron chi connectivity index (χ1n) is 9.74. The van der Waals surface area contributed by atoms with Crippen molar-refractivity contribution in [1.29, 1.82) is 0 Å². The Kier molecular flexibility index (Phi) is 12.5. The number of carbonyl (C=O) groups is 1. The number of amides is 1. The number of halogens is 1. The number of hydrogen-bond donors (Lipinski definition) is 3. The van der Waals surface area contributed by atoms with E-state index in [1.807, 2.05) is 43.3 Å². The zero-order valence-electron chi connectivity index (χ0n) is 17.7. The first-order chi connectivity index (χ1) is 14.2. The molecule has 2 aromatic rings. The van der Waals surface area contributed by atoms with E-state index in [4.69, 9.17) is 9.47 Å². The van der Waals surface area contributed by atoms with Gasteiger partial charge in [-0.05, 0) is 36.8 Å². The highest BCUT2D eigenvalue weighted by atomic mass is 127. The summed E-state index contributed by atoms with van der Waals surface area (Å²) in [5, 5.41) is 9.15. The molecule has 0 saturated heterocycles. The second-order valence-corrected chi connectivity index (χ2v) is 6.32. The van der Waals surface area contributed by atoms with Gasteiger partial charge in [-0.2, -0.15) is 0 Å². The van der Waals surface area contributed by atoms with Crippen LogP contribution in [0, 0.1) is 0 Å². The van der Waals surface area contributed by atoms with Crippen LogP contribution in [0.1, 0.15) is 29.3 Å². The Morgan fingerprint density at radius 1 is 1.10 bits per heavy atom. The quantitative estimate of drug-likeness (QED) is 0.191. The summed E-state index contributed by atoms with van der Waals surface area (Å²) in [7, 11) is 3.30. The topological polar surface area (TPSA) is 84.0 Å². The van der Waals surface area contributed by atoms with E-state index in [0.717, 1.165) is 30.0 Å². The number of aliphatic imine (C=N–C) groups is 1. The molecule has 2 aromatic carbocycles. The first kappa shape index (κ1) is 25.7. The summed E-state index contributed by atoms with van der Waals surface area (Å²) in [4.78, 5) is 16.3. The van der Waals surface area contributed by atoms with E-state index in [0.29, 0.717) is 31.3 Å². The molecular weight excluding hydrogens is 495 g/mol. The Labute approximate surface area is 195 Å². The third kappa shape index (κ3) is 9.00. The minimum absolute atomic E-state index is 0. The van der Waals surface area contributed by atoms with Gasteiger partial charge in [-0.25, -0.2) is 4.99 Å². The fraction of sp³-hybridized carbons (Fsp3) is 0.364. The molecule has 0 radical (unpaired) electrons. The predicted octanol–water partition coefficient (Wildman–Crippen LogP) is 3.66. The van der Waals surface area contributed by atoms with Crippen molar-refractivity contribution in [3.63, 3.8) is 0 Å². The number of carbonyl (C=O) groups excluding carboxylic acids is 1. The molecule has 3 N–H and O–H groups in total. The molecule has 0 unspecified atom stereocenters. The molecule has 8 heteroatoms. The lowest BCUT2D eigenvalue weighted by molar-refractivity contribution is 0.0963. The van der Waals surface area contributed by atoms with Gasteiger partial charge < -0.3 is 25.4 Å². The Morgan fingerprint density at radius 2 is 1.87 bits per heavy atom. The Hall–Kier alpha value is -2.33. The number of benzene rings is 2. The number of nitrogens with one attached hydrogen (secondary N) is 3. The zero-order valence-corrected chi connectivity index (χ0v) is 20.1. The van der Waals surface area contributed by atoms with E-state index in [9.17, 15) is 4.79 Å². The molecule has 0 aliphatic carbocycles. The Morgan fingerprint density at radius 3 is 2.53 bits per heavy atom. The minimum Gasteiger partial charge on any atom is -0.493 e. The van der Waals surface area contributed by atoms with E-state index in [2.05, 4.69) is 20.9 Å². The second kappa shape index (κ2) is 14.6. The molecule has 0 heterocycles. The van der Waals surface area contributed by atoms with Gasteiger partial charge in [0.15, 0.2) is 5.96 Å². The number of guanidine groups is 1. The molecule has 30 heavy (non-hydrogen) atoms. The monoisotopic (exact) mass is 526 g/mol. The number of hydrogen-bond acceptors (Lipinski definition) is 4. The third-order valence-electron chi connectivity index (χ3n) is 4.07. The van der Waals surface area contributed by atoms with Crippen LogP contribution < -0.4 is 20.7 Å². The highest BCUT2D eigenvalue weighted by molar-refractivity contribution is 14.0. The lowest BCUT2D eigenvalue weighted by atomic mass is 10.1. The highest BCUT2D eigenvalue weighted by Gasteiger charge is 2.04. The third-order valence-corrected chi connectivity index (χ3v) is 4.07. The Bertz CT molecular complexity index is 797. The van der Waals surface area contributed by atoms with Crippen molar-refractivity contribution in [1.82, 2.24) is 10.6 Å². The zero-order chi connectivity index (χ0) is 20.9. The number of rotatable bonds is 10. The molecule has 0 aliphatic rings. The van der Waals surface area contributed by atoms with Crippen LogP contribution in [0.15, 0.2) is 53.5 Å². The number of nitrogens with zero attached hydrogens (tertiary/aromatic N) is 1. The molecular formula is C22H31IN4O3. The van der Waals surface area contributed by atoms with Gasteiger partial charge in [-0.1, -0.05) is 18.2 Å². The van der Waals surface area contributed by atoms with Crippen molar-refractivity contribution < 1.29 is 14.3 Å². The molecule has 1 amide bonds. The van der Waals surface area contributed by atoms with Gasteiger partial charge in [0.05, 0.1) is 13.2 Å². The van der Waals surface area contributed by atoms with E-state index in [1.165, 1.54) is 0 Å². The summed E-state index contributed by atoms with van der Waals surface area (Å²) in [6, 6.07) is 15.2. The van der Waals surface area contributed by atoms with Crippen molar-refractivity contribution in [3.05, 3.63) is 59.7 Å².